The Labute approximate surface area is 96.2 Å². The zero-order valence-electron chi connectivity index (χ0n) is 9.56. The molecule has 0 fully saturated rings. The monoisotopic (exact) mass is 225 g/mol. The van der Waals surface area contributed by atoms with E-state index in [1.807, 2.05) is 30.3 Å². The summed E-state index contributed by atoms with van der Waals surface area (Å²) in [6, 6.07) is 9.59. The van der Waals surface area contributed by atoms with Crippen molar-refractivity contribution in [2.45, 2.75) is 6.10 Å². The number of rotatable bonds is 8. The van der Waals surface area contributed by atoms with E-state index < -0.39 is 6.10 Å². The molecule has 0 spiro atoms. The average Bonchev–Trinajstić information content (AvgIpc) is 2.30. The van der Waals surface area contributed by atoms with E-state index in [0.29, 0.717) is 26.4 Å². The van der Waals surface area contributed by atoms with Gasteiger partial charge in [-0.25, -0.2) is 0 Å². The highest BCUT2D eigenvalue weighted by Gasteiger charge is 2.01. The Morgan fingerprint density at radius 2 is 2.00 bits per heavy atom. The summed E-state index contributed by atoms with van der Waals surface area (Å²) in [5.74, 6) is 0.835. The van der Waals surface area contributed by atoms with E-state index >= 15 is 0 Å². The molecule has 2 N–H and O–H groups in total. The Balaban J connectivity index is 2.00. The van der Waals surface area contributed by atoms with Crippen LogP contribution < -0.4 is 10.1 Å². The predicted octanol–water partition coefficient (Wildman–Crippen LogP) is 0.662. The first-order chi connectivity index (χ1) is 7.83. The van der Waals surface area contributed by atoms with Gasteiger partial charge in [-0.2, -0.15) is 0 Å². The summed E-state index contributed by atoms with van der Waals surface area (Å²) in [5.41, 5.74) is 0. The number of ether oxygens (including phenoxy) is 2. The Bertz CT molecular complexity index is 266. The van der Waals surface area contributed by atoms with Crippen molar-refractivity contribution >= 4 is 0 Å². The number of aliphatic hydroxyl groups excluding tert-OH is 1. The van der Waals surface area contributed by atoms with Crippen LogP contribution >= 0.6 is 0 Å². The van der Waals surface area contributed by atoms with Gasteiger partial charge in [-0.1, -0.05) is 18.2 Å². The number of nitrogens with one attached hydrogen (secondary N) is 1. The van der Waals surface area contributed by atoms with Gasteiger partial charge in [-0.3, -0.25) is 0 Å². The van der Waals surface area contributed by atoms with Gasteiger partial charge in [-0.15, -0.1) is 0 Å². The van der Waals surface area contributed by atoms with E-state index in [-0.39, 0.29) is 0 Å². The molecular weight excluding hydrogens is 206 g/mol. The first-order valence-corrected chi connectivity index (χ1v) is 5.41. The molecule has 0 saturated carbocycles. The fourth-order valence-electron chi connectivity index (χ4n) is 1.25. The Hall–Kier alpha value is -1.10. The molecule has 4 nitrogen and oxygen atoms in total. The minimum absolute atomic E-state index is 0.332. The van der Waals surface area contributed by atoms with Crippen LogP contribution in [0.2, 0.25) is 0 Å². The van der Waals surface area contributed by atoms with Crippen LogP contribution in [0.25, 0.3) is 0 Å². The van der Waals surface area contributed by atoms with Crippen LogP contribution in [-0.2, 0) is 4.74 Å². The smallest absolute Gasteiger partial charge is 0.119 e. The standard InChI is InChI=1S/C12H19NO3/c1-13-9-11(14)10-15-7-8-16-12-5-3-2-4-6-12/h2-6,11,13-14H,7-10H2,1H3/t11-/m1/s1. The molecule has 0 aliphatic carbocycles. The van der Waals surface area contributed by atoms with Gasteiger partial charge in [0.05, 0.1) is 19.3 Å². The fraction of sp³-hybridized carbons (Fsp3) is 0.500. The molecule has 0 saturated heterocycles. The molecule has 0 aliphatic heterocycles. The highest BCUT2D eigenvalue weighted by Crippen LogP contribution is 2.07. The van der Waals surface area contributed by atoms with E-state index in [1.165, 1.54) is 0 Å². The molecule has 0 amide bonds. The van der Waals surface area contributed by atoms with Crippen molar-refractivity contribution < 1.29 is 14.6 Å². The normalized spacial score (nSPS) is 12.4. The third-order valence-corrected chi connectivity index (χ3v) is 1.99. The van der Waals surface area contributed by atoms with Crippen LogP contribution in [0.4, 0.5) is 0 Å². The molecule has 0 heterocycles. The van der Waals surface area contributed by atoms with Crippen LogP contribution in [0, 0.1) is 0 Å². The lowest BCUT2D eigenvalue weighted by Crippen LogP contribution is -2.28. The number of aliphatic hydroxyl groups is 1. The number of likely N-dealkylation sites (N-methyl/N-ethyl adjacent to an activating group) is 1. The van der Waals surface area contributed by atoms with Crippen molar-refractivity contribution in [1.82, 2.24) is 5.32 Å². The Kier molecular flexibility index (Phi) is 6.56. The molecule has 1 rings (SSSR count). The van der Waals surface area contributed by atoms with Crippen molar-refractivity contribution in [2.24, 2.45) is 0 Å². The molecule has 0 bridgehead atoms. The highest BCUT2D eigenvalue weighted by atomic mass is 16.5. The summed E-state index contributed by atoms with van der Waals surface area (Å²) in [6.07, 6.45) is -0.457. The lowest BCUT2D eigenvalue weighted by Gasteiger charge is -2.11. The minimum atomic E-state index is -0.457. The van der Waals surface area contributed by atoms with E-state index in [4.69, 9.17) is 9.47 Å². The van der Waals surface area contributed by atoms with Gasteiger partial charge in [-0.05, 0) is 19.2 Å². The second-order valence-electron chi connectivity index (χ2n) is 3.45. The van der Waals surface area contributed by atoms with Gasteiger partial charge in [0.15, 0.2) is 0 Å². The van der Waals surface area contributed by atoms with Crippen LogP contribution in [0.3, 0.4) is 0 Å². The number of hydrogen-bond acceptors (Lipinski definition) is 4. The van der Waals surface area contributed by atoms with Gasteiger partial charge >= 0.3 is 0 Å². The summed E-state index contributed by atoms with van der Waals surface area (Å²) < 4.78 is 10.7. The van der Waals surface area contributed by atoms with Gasteiger partial charge in [0.25, 0.3) is 0 Å². The van der Waals surface area contributed by atoms with Crippen LogP contribution in [0.1, 0.15) is 0 Å². The lowest BCUT2D eigenvalue weighted by atomic mass is 10.3. The van der Waals surface area contributed by atoms with Crippen molar-refractivity contribution in [3.63, 3.8) is 0 Å². The lowest BCUT2D eigenvalue weighted by molar-refractivity contribution is 0.0259. The summed E-state index contributed by atoms with van der Waals surface area (Å²) in [6.45, 7) is 1.85. The molecule has 0 aliphatic rings. The van der Waals surface area contributed by atoms with Crippen molar-refractivity contribution in [3.05, 3.63) is 30.3 Å². The quantitative estimate of drug-likeness (QED) is 0.638. The maximum atomic E-state index is 9.34. The van der Waals surface area contributed by atoms with Gasteiger partial charge in [0.1, 0.15) is 12.4 Å². The molecule has 0 radical (unpaired) electrons. The maximum absolute atomic E-state index is 9.34. The van der Waals surface area contributed by atoms with Crippen LogP contribution in [0.15, 0.2) is 30.3 Å². The molecule has 1 aromatic rings. The second-order valence-corrected chi connectivity index (χ2v) is 3.45. The topological polar surface area (TPSA) is 50.7 Å². The van der Waals surface area contributed by atoms with Crippen molar-refractivity contribution in [2.75, 3.05) is 33.4 Å². The summed E-state index contributed by atoms with van der Waals surface area (Å²) in [5, 5.41) is 12.2. The van der Waals surface area contributed by atoms with Gasteiger partial charge in [0, 0.05) is 6.54 Å². The van der Waals surface area contributed by atoms with Crippen LogP contribution in [-0.4, -0.2) is 44.6 Å². The summed E-state index contributed by atoms with van der Waals surface area (Å²) >= 11 is 0. The first kappa shape index (κ1) is 13.0. The van der Waals surface area contributed by atoms with E-state index in [2.05, 4.69) is 5.32 Å². The Morgan fingerprint density at radius 1 is 1.25 bits per heavy atom. The zero-order chi connectivity index (χ0) is 11.6. The molecule has 1 atom stereocenters. The summed E-state index contributed by atoms with van der Waals surface area (Å²) in [4.78, 5) is 0. The second kappa shape index (κ2) is 8.10. The molecule has 1 aromatic carbocycles. The minimum Gasteiger partial charge on any atom is -0.491 e. The number of benzene rings is 1. The van der Waals surface area contributed by atoms with Crippen molar-refractivity contribution in [1.29, 1.82) is 0 Å². The molecule has 0 unspecified atom stereocenters. The third kappa shape index (κ3) is 5.70. The summed E-state index contributed by atoms with van der Waals surface area (Å²) in [7, 11) is 1.79. The molecular formula is C12H19NO3. The third-order valence-electron chi connectivity index (χ3n) is 1.99. The predicted molar refractivity (Wildman–Crippen MR) is 62.7 cm³/mol. The van der Waals surface area contributed by atoms with Gasteiger partial charge in [0.2, 0.25) is 0 Å². The maximum Gasteiger partial charge on any atom is 0.119 e. The molecule has 16 heavy (non-hydrogen) atoms. The number of hydrogen-bond donors (Lipinski definition) is 2. The van der Waals surface area contributed by atoms with Crippen LogP contribution in [0.5, 0.6) is 5.75 Å². The van der Waals surface area contributed by atoms with Gasteiger partial charge < -0.3 is 19.9 Å². The molecule has 0 aromatic heterocycles. The van der Waals surface area contributed by atoms with E-state index in [0.717, 1.165) is 5.75 Å². The zero-order valence-corrected chi connectivity index (χ0v) is 9.56. The van der Waals surface area contributed by atoms with E-state index in [9.17, 15) is 5.11 Å². The average molecular weight is 225 g/mol. The Morgan fingerprint density at radius 3 is 2.69 bits per heavy atom. The molecule has 90 valence electrons. The number of para-hydroxylation sites is 1. The largest absolute Gasteiger partial charge is 0.491 e. The highest BCUT2D eigenvalue weighted by molar-refractivity contribution is 5.20. The van der Waals surface area contributed by atoms with Crippen molar-refractivity contribution in [3.8, 4) is 5.75 Å². The fourth-order valence-corrected chi connectivity index (χ4v) is 1.25. The SMILES string of the molecule is CNC[C@@H](O)COCCOc1ccccc1. The molecule has 4 heteroatoms. The van der Waals surface area contributed by atoms with E-state index in [1.54, 1.807) is 7.05 Å². The first-order valence-electron chi connectivity index (χ1n) is 5.41.